The molecule has 2 saturated carbocycles. The van der Waals surface area contributed by atoms with E-state index in [2.05, 4.69) is 17.0 Å². The second kappa shape index (κ2) is 6.85. The summed E-state index contributed by atoms with van der Waals surface area (Å²) in [5.41, 5.74) is 1.17. The van der Waals surface area contributed by atoms with E-state index in [0.29, 0.717) is 19.1 Å². The normalized spacial score (nSPS) is 32.9. The number of aliphatic hydroxyl groups is 1. The zero-order valence-corrected chi connectivity index (χ0v) is 14.1. The van der Waals surface area contributed by atoms with Crippen molar-refractivity contribution in [3.8, 4) is 0 Å². The van der Waals surface area contributed by atoms with Crippen molar-refractivity contribution < 1.29 is 14.6 Å². The first kappa shape index (κ1) is 16.1. The summed E-state index contributed by atoms with van der Waals surface area (Å²) in [7, 11) is 0. The van der Waals surface area contributed by atoms with Crippen molar-refractivity contribution in [3.05, 3.63) is 35.9 Å². The van der Waals surface area contributed by atoms with E-state index in [1.54, 1.807) is 0 Å². The number of carbonyl (C=O) groups excluding carboxylic acids is 1. The first-order chi connectivity index (χ1) is 11.7. The first-order valence-electron chi connectivity index (χ1n) is 9.36. The summed E-state index contributed by atoms with van der Waals surface area (Å²) in [5, 5.41) is 10.4. The monoisotopic (exact) mass is 329 g/mol. The van der Waals surface area contributed by atoms with E-state index in [4.69, 9.17) is 4.74 Å². The number of rotatable bonds is 4. The Morgan fingerprint density at radius 1 is 1.17 bits per heavy atom. The maximum Gasteiger partial charge on any atom is 0.226 e. The van der Waals surface area contributed by atoms with E-state index in [1.165, 1.54) is 12.0 Å². The quantitative estimate of drug-likeness (QED) is 0.924. The molecule has 0 aromatic heterocycles. The molecule has 1 aliphatic heterocycles. The highest BCUT2D eigenvalue weighted by molar-refractivity contribution is 5.80. The SMILES string of the molecule is O=C(C1CCC1)N(Cc1ccccc1)[C@@H]1CC[C@H]2C[C@@H]1[C@@H](O)CO2. The molecule has 3 fully saturated rings. The van der Waals surface area contributed by atoms with Crippen LogP contribution in [0, 0.1) is 11.8 Å². The van der Waals surface area contributed by atoms with Crippen LogP contribution >= 0.6 is 0 Å². The van der Waals surface area contributed by atoms with Crippen LogP contribution in [0.25, 0.3) is 0 Å². The molecule has 4 heteroatoms. The largest absolute Gasteiger partial charge is 0.390 e. The molecule has 0 spiro atoms. The Morgan fingerprint density at radius 3 is 2.67 bits per heavy atom. The molecule has 1 heterocycles. The van der Waals surface area contributed by atoms with Crippen molar-refractivity contribution >= 4 is 5.91 Å². The van der Waals surface area contributed by atoms with Gasteiger partial charge in [-0.1, -0.05) is 36.8 Å². The maximum absolute atomic E-state index is 13.1. The number of hydrogen-bond donors (Lipinski definition) is 1. The van der Waals surface area contributed by atoms with Crippen LogP contribution < -0.4 is 0 Å². The van der Waals surface area contributed by atoms with Crippen LogP contribution in [0.1, 0.15) is 44.1 Å². The third-order valence-corrected chi connectivity index (χ3v) is 6.14. The molecule has 2 aliphatic carbocycles. The summed E-state index contributed by atoms with van der Waals surface area (Å²) in [6.07, 6.45) is 5.86. The molecule has 0 unspecified atom stereocenters. The van der Waals surface area contributed by atoms with E-state index in [9.17, 15) is 9.90 Å². The molecule has 4 rings (SSSR count). The predicted molar refractivity (Wildman–Crippen MR) is 91.2 cm³/mol. The molecule has 24 heavy (non-hydrogen) atoms. The van der Waals surface area contributed by atoms with Gasteiger partial charge >= 0.3 is 0 Å². The molecule has 1 aromatic rings. The lowest BCUT2D eigenvalue weighted by atomic mass is 9.75. The lowest BCUT2D eigenvalue weighted by Crippen LogP contribution is -2.56. The lowest BCUT2D eigenvalue weighted by molar-refractivity contribution is -0.159. The number of aliphatic hydroxyl groups excluding tert-OH is 1. The summed E-state index contributed by atoms with van der Waals surface area (Å²) in [6, 6.07) is 10.4. The zero-order valence-electron chi connectivity index (χ0n) is 14.1. The lowest BCUT2D eigenvalue weighted by Gasteiger charge is -2.48. The van der Waals surface area contributed by atoms with Gasteiger partial charge in [-0.3, -0.25) is 4.79 Å². The van der Waals surface area contributed by atoms with Crippen molar-refractivity contribution in [3.63, 3.8) is 0 Å². The third kappa shape index (κ3) is 3.09. The minimum atomic E-state index is -0.445. The summed E-state index contributed by atoms with van der Waals surface area (Å²) in [6.45, 7) is 1.08. The summed E-state index contributed by atoms with van der Waals surface area (Å²) in [5.74, 6) is 0.654. The van der Waals surface area contributed by atoms with E-state index < -0.39 is 6.10 Å². The predicted octanol–water partition coefficient (Wildman–Crippen LogP) is 2.74. The third-order valence-electron chi connectivity index (χ3n) is 6.14. The van der Waals surface area contributed by atoms with Crippen LogP contribution in [0.4, 0.5) is 0 Å². The van der Waals surface area contributed by atoms with Crippen molar-refractivity contribution in [2.45, 2.75) is 63.3 Å². The van der Waals surface area contributed by atoms with E-state index in [-0.39, 0.29) is 24.0 Å². The average molecular weight is 329 g/mol. The second-order valence-electron chi connectivity index (χ2n) is 7.65. The zero-order chi connectivity index (χ0) is 16.5. The van der Waals surface area contributed by atoms with Crippen LogP contribution in [0.15, 0.2) is 30.3 Å². The molecule has 1 aromatic carbocycles. The number of carbonyl (C=O) groups is 1. The molecule has 3 aliphatic rings. The van der Waals surface area contributed by atoms with Crippen LogP contribution in [-0.2, 0) is 16.1 Å². The van der Waals surface area contributed by atoms with Gasteiger partial charge in [0.25, 0.3) is 0 Å². The van der Waals surface area contributed by atoms with Crippen LogP contribution in [0.2, 0.25) is 0 Å². The van der Waals surface area contributed by atoms with Crippen molar-refractivity contribution in [2.24, 2.45) is 11.8 Å². The van der Waals surface area contributed by atoms with Gasteiger partial charge in [-0.15, -0.1) is 0 Å². The second-order valence-corrected chi connectivity index (χ2v) is 7.65. The number of hydrogen-bond acceptors (Lipinski definition) is 3. The van der Waals surface area contributed by atoms with Gasteiger partial charge in [0.1, 0.15) is 0 Å². The van der Waals surface area contributed by atoms with Crippen molar-refractivity contribution in [2.75, 3.05) is 6.61 Å². The number of benzene rings is 1. The Kier molecular flexibility index (Phi) is 4.59. The number of amides is 1. The van der Waals surface area contributed by atoms with Crippen LogP contribution in [0.5, 0.6) is 0 Å². The number of fused-ring (bicyclic) bond motifs is 2. The molecule has 1 amide bonds. The van der Waals surface area contributed by atoms with Crippen LogP contribution in [0.3, 0.4) is 0 Å². The molecule has 130 valence electrons. The number of ether oxygens (including phenoxy) is 1. The van der Waals surface area contributed by atoms with Crippen molar-refractivity contribution in [1.29, 1.82) is 0 Å². The van der Waals surface area contributed by atoms with E-state index in [1.807, 2.05) is 18.2 Å². The van der Waals surface area contributed by atoms with E-state index >= 15 is 0 Å². The van der Waals surface area contributed by atoms with Gasteiger partial charge in [0, 0.05) is 24.4 Å². The Labute approximate surface area is 143 Å². The first-order valence-corrected chi connectivity index (χ1v) is 9.36. The summed E-state index contributed by atoms with van der Waals surface area (Å²) in [4.78, 5) is 15.2. The Balaban J connectivity index is 1.57. The minimum Gasteiger partial charge on any atom is -0.390 e. The molecule has 0 radical (unpaired) electrons. The summed E-state index contributed by atoms with van der Waals surface area (Å²) < 4.78 is 5.69. The van der Waals surface area contributed by atoms with Gasteiger partial charge in [-0.2, -0.15) is 0 Å². The molecule has 4 nitrogen and oxygen atoms in total. The highest BCUT2D eigenvalue weighted by atomic mass is 16.5. The minimum absolute atomic E-state index is 0.147. The van der Waals surface area contributed by atoms with E-state index in [0.717, 1.165) is 32.1 Å². The molecule has 1 N–H and O–H groups in total. The average Bonchev–Trinajstić information content (AvgIpc) is 2.56. The van der Waals surface area contributed by atoms with Gasteiger partial charge in [0.15, 0.2) is 0 Å². The Hall–Kier alpha value is -1.39. The smallest absolute Gasteiger partial charge is 0.226 e. The molecule has 4 atom stereocenters. The standard InChI is InChI=1S/C20H27NO3/c22-19-13-24-16-9-10-18(17(19)11-16)21(20(23)15-7-4-8-15)12-14-5-2-1-3-6-14/h1-3,5-6,15-19,22H,4,7-13H2/t16-,17-,18+,19-/m0/s1. The van der Waals surface area contributed by atoms with Gasteiger partial charge in [-0.25, -0.2) is 0 Å². The topological polar surface area (TPSA) is 49.8 Å². The van der Waals surface area contributed by atoms with Crippen molar-refractivity contribution in [1.82, 2.24) is 4.90 Å². The Bertz CT molecular complexity index is 572. The summed E-state index contributed by atoms with van der Waals surface area (Å²) >= 11 is 0. The maximum atomic E-state index is 13.1. The fourth-order valence-electron chi connectivity index (χ4n) is 4.49. The fraction of sp³-hybridized carbons (Fsp3) is 0.650. The molecular weight excluding hydrogens is 302 g/mol. The number of nitrogens with zero attached hydrogens (tertiary/aromatic N) is 1. The Morgan fingerprint density at radius 2 is 1.96 bits per heavy atom. The van der Waals surface area contributed by atoms with Gasteiger partial charge in [0.05, 0.1) is 18.8 Å². The molecule has 2 bridgehead atoms. The van der Waals surface area contributed by atoms with Crippen LogP contribution in [-0.4, -0.2) is 40.8 Å². The van der Waals surface area contributed by atoms with Gasteiger partial charge in [-0.05, 0) is 37.7 Å². The fourth-order valence-corrected chi connectivity index (χ4v) is 4.49. The van der Waals surface area contributed by atoms with Gasteiger partial charge < -0.3 is 14.7 Å². The molecule has 1 saturated heterocycles. The van der Waals surface area contributed by atoms with Gasteiger partial charge in [0.2, 0.25) is 5.91 Å². The highest BCUT2D eigenvalue weighted by Crippen LogP contribution is 2.39. The highest BCUT2D eigenvalue weighted by Gasteiger charge is 2.44. The molecular formula is C20H27NO3.